The number of amides is 1. The fourth-order valence-corrected chi connectivity index (χ4v) is 6.82. The van der Waals surface area contributed by atoms with Gasteiger partial charge in [-0.3, -0.25) is 9.69 Å². The van der Waals surface area contributed by atoms with Gasteiger partial charge in [0.15, 0.2) is 0 Å². The van der Waals surface area contributed by atoms with Gasteiger partial charge in [0.1, 0.15) is 6.04 Å². The van der Waals surface area contributed by atoms with E-state index >= 15 is 0 Å². The van der Waals surface area contributed by atoms with Crippen molar-refractivity contribution in [2.45, 2.75) is 82.3 Å². The maximum Gasteiger partial charge on any atom is 0.241 e. The highest BCUT2D eigenvalue weighted by Crippen LogP contribution is 2.49. The monoisotopic (exact) mass is 527 g/mol. The number of rotatable bonds is 7. The van der Waals surface area contributed by atoms with Crippen LogP contribution in [-0.4, -0.2) is 60.5 Å². The molecule has 1 spiro atoms. The number of nitrogens with one attached hydrogen (secondary N) is 1. The molecule has 2 aromatic carbocycles. The van der Waals surface area contributed by atoms with Gasteiger partial charge in [-0.1, -0.05) is 67.8 Å². The summed E-state index contributed by atoms with van der Waals surface area (Å²) < 4.78 is 0. The molecule has 1 saturated heterocycles. The Morgan fingerprint density at radius 3 is 2.00 bits per heavy atom. The topological polar surface area (TPSA) is 85.4 Å². The van der Waals surface area contributed by atoms with Crippen LogP contribution in [0.15, 0.2) is 48.5 Å². The molecule has 208 valence electrons. The first-order chi connectivity index (χ1) is 18.9. The highest BCUT2D eigenvalue weighted by atomic mass is 16.2. The number of carbonyl (C=O) groups excluding carboxylic acids is 1. The molecule has 2 aliphatic carbocycles. The molecule has 3 fully saturated rings. The van der Waals surface area contributed by atoms with E-state index in [4.69, 9.17) is 5.73 Å². The van der Waals surface area contributed by atoms with Crippen LogP contribution in [0.4, 0.5) is 0 Å². The second kappa shape index (κ2) is 12.2. The Morgan fingerprint density at radius 1 is 0.872 bits per heavy atom. The lowest BCUT2D eigenvalue weighted by Crippen LogP contribution is -2.59. The van der Waals surface area contributed by atoms with Gasteiger partial charge in [0, 0.05) is 39.1 Å². The molecule has 6 heteroatoms. The molecule has 1 aliphatic heterocycles. The Balaban J connectivity index is 1.13. The van der Waals surface area contributed by atoms with E-state index in [0.717, 1.165) is 69.5 Å². The van der Waals surface area contributed by atoms with E-state index in [1.165, 1.54) is 43.2 Å². The third-order valence-corrected chi connectivity index (χ3v) is 9.71. The predicted octanol–water partition coefficient (Wildman–Crippen LogP) is 4.87. The van der Waals surface area contributed by atoms with Crippen molar-refractivity contribution in [3.05, 3.63) is 59.7 Å². The average Bonchev–Trinajstić information content (AvgIpc) is 2.97. The number of benzene rings is 2. The highest BCUT2D eigenvalue weighted by molar-refractivity contribution is 5.86. The van der Waals surface area contributed by atoms with E-state index in [1.54, 1.807) is 0 Å². The van der Waals surface area contributed by atoms with E-state index in [0.29, 0.717) is 11.8 Å². The summed E-state index contributed by atoms with van der Waals surface area (Å²) in [6.07, 6.45) is 10.5. The first-order valence-electron chi connectivity index (χ1n) is 15.0. The van der Waals surface area contributed by atoms with Crippen molar-refractivity contribution in [2.75, 3.05) is 33.2 Å². The average molecular weight is 528 g/mol. The summed E-state index contributed by atoms with van der Waals surface area (Å²) in [7, 11) is 2.19. The molecule has 3 N–H and O–H groups in total. The number of nitrogens with zero attached hydrogens (tertiary/aromatic N) is 3. The fourth-order valence-electron chi connectivity index (χ4n) is 6.82. The molecular formula is C33H45N5O. The van der Waals surface area contributed by atoms with Crippen LogP contribution in [0, 0.1) is 16.7 Å². The third-order valence-electron chi connectivity index (χ3n) is 9.71. The van der Waals surface area contributed by atoms with E-state index < -0.39 is 11.6 Å². The summed E-state index contributed by atoms with van der Waals surface area (Å²) in [6, 6.07) is 18.9. The Hall–Kier alpha value is -2.72. The van der Waals surface area contributed by atoms with E-state index in [9.17, 15) is 10.1 Å². The molecule has 2 aromatic rings. The minimum absolute atomic E-state index is 0.159. The van der Waals surface area contributed by atoms with Gasteiger partial charge in [-0.15, -0.1) is 0 Å². The van der Waals surface area contributed by atoms with Crippen molar-refractivity contribution >= 4 is 5.91 Å². The minimum Gasteiger partial charge on any atom is -0.338 e. The maximum atomic E-state index is 13.2. The number of nitriles is 1. The smallest absolute Gasteiger partial charge is 0.241 e. The molecule has 39 heavy (non-hydrogen) atoms. The lowest BCUT2D eigenvalue weighted by atomic mass is 9.61. The van der Waals surface area contributed by atoms with Gasteiger partial charge < -0.3 is 16.0 Å². The van der Waals surface area contributed by atoms with Gasteiger partial charge in [-0.2, -0.15) is 5.26 Å². The lowest BCUT2D eigenvalue weighted by molar-refractivity contribution is -0.129. The molecule has 1 heterocycles. The van der Waals surface area contributed by atoms with Gasteiger partial charge in [0.05, 0.1) is 11.6 Å². The van der Waals surface area contributed by atoms with Crippen LogP contribution >= 0.6 is 0 Å². The zero-order valence-corrected chi connectivity index (χ0v) is 23.6. The highest BCUT2D eigenvalue weighted by Gasteiger charge is 2.45. The standard InChI is InChI=1S/C33H45N5O/c1-37-19-21-38(22-20-37)25-27-7-11-29(12-8-27)28-9-5-26(6-10-28)23-30(24-34)36-31(39)33(35)17-15-32(16-18-33)13-3-2-4-14-32/h5-12,30H,2-4,13-23,25,35H2,1H3,(H,36,39). The zero-order valence-electron chi connectivity index (χ0n) is 23.6. The van der Waals surface area contributed by atoms with Crippen molar-refractivity contribution in [1.82, 2.24) is 15.1 Å². The molecule has 0 aromatic heterocycles. The SMILES string of the molecule is CN1CCN(Cc2ccc(-c3ccc(CC(C#N)NC(=O)C4(N)CCC5(CCCCC5)CC4)cc3)cc2)CC1. The number of hydrogen-bond acceptors (Lipinski definition) is 5. The van der Waals surface area contributed by atoms with Gasteiger partial charge in [0.2, 0.25) is 5.91 Å². The maximum absolute atomic E-state index is 13.2. The van der Waals surface area contributed by atoms with Crippen LogP contribution in [0.25, 0.3) is 11.1 Å². The van der Waals surface area contributed by atoms with Crippen LogP contribution in [-0.2, 0) is 17.8 Å². The molecule has 1 atom stereocenters. The number of nitrogens with two attached hydrogens (primary N) is 1. The summed E-state index contributed by atoms with van der Waals surface area (Å²) >= 11 is 0. The Labute approximate surface area is 234 Å². The number of hydrogen-bond donors (Lipinski definition) is 2. The summed E-state index contributed by atoms with van der Waals surface area (Å²) in [5.74, 6) is -0.159. The quantitative estimate of drug-likeness (QED) is 0.536. The van der Waals surface area contributed by atoms with Crippen molar-refractivity contribution in [3.8, 4) is 17.2 Å². The van der Waals surface area contributed by atoms with Gasteiger partial charge >= 0.3 is 0 Å². The second-order valence-corrected chi connectivity index (χ2v) is 12.5. The second-order valence-electron chi connectivity index (χ2n) is 12.5. The first kappa shape index (κ1) is 27.8. The molecule has 2 saturated carbocycles. The van der Waals surface area contributed by atoms with Crippen molar-refractivity contribution < 1.29 is 4.79 Å². The molecule has 6 nitrogen and oxygen atoms in total. The lowest BCUT2D eigenvalue weighted by Gasteiger charge is -2.46. The largest absolute Gasteiger partial charge is 0.338 e. The van der Waals surface area contributed by atoms with E-state index in [1.807, 2.05) is 0 Å². The summed E-state index contributed by atoms with van der Waals surface area (Å²) in [5, 5.41) is 12.8. The van der Waals surface area contributed by atoms with Crippen LogP contribution in [0.2, 0.25) is 0 Å². The summed E-state index contributed by atoms with van der Waals surface area (Å²) in [4.78, 5) is 18.1. The fraction of sp³-hybridized carbons (Fsp3) is 0.576. The van der Waals surface area contributed by atoms with Crippen molar-refractivity contribution in [2.24, 2.45) is 11.1 Å². The number of likely N-dealkylation sites (N-methyl/N-ethyl adjacent to an activating group) is 1. The predicted molar refractivity (Wildman–Crippen MR) is 157 cm³/mol. The van der Waals surface area contributed by atoms with Gasteiger partial charge in [0.25, 0.3) is 0 Å². The Kier molecular flexibility index (Phi) is 8.71. The summed E-state index contributed by atoms with van der Waals surface area (Å²) in [6.45, 7) is 5.51. The van der Waals surface area contributed by atoms with Crippen LogP contribution in [0.1, 0.15) is 68.9 Å². The van der Waals surface area contributed by atoms with E-state index in [-0.39, 0.29) is 5.91 Å². The summed E-state index contributed by atoms with van der Waals surface area (Å²) in [5.41, 5.74) is 10.9. The van der Waals surface area contributed by atoms with Crippen molar-refractivity contribution in [3.63, 3.8) is 0 Å². The molecular weight excluding hydrogens is 482 g/mol. The minimum atomic E-state index is -0.849. The van der Waals surface area contributed by atoms with E-state index in [2.05, 4.69) is 76.8 Å². The first-order valence-corrected chi connectivity index (χ1v) is 15.0. The molecule has 0 bridgehead atoms. The van der Waals surface area contributed by atoms with Crippen LogP contribution in [0.3, 0.4) is 0 Å². The normalized spacial score (nSPS) is 22.2. The zero-order chi connectivity index (χ0) is 27.3. The van der Waals surface area contributed by atoms with Crippen molar-refractivity contribution in [1.29, 1.82) is 5.26 Å². The van der Waals surface area contributed by atoms with Crippen LogP contribution in [0.5, 0.6) is 0 Å². The number of piperazine rings is 1. The van der Waals surface area contributed by atoms with Gasteiger partial charge in [-0.05, 0) is 73.2 Å². The molecule has 3 aliphatic rings. The third kappa shape index (κ3) is 6.90. The Morgan fingerprint density at radius 2 is 1.44 bits per heavy atom. The van der Waals surface area contributed by atoms with Crippen LogP contribution < -0.4 is 11.1 Å². The van der Waals surface area contributed by atoms with Gasteiger partial charge in [-0.25, -0.2) is 0 Å². The Bertz CT molecular complexity index is 1130. The number of carbonyl (C=O) groups is 1. The molecule has 5 rings (SSSR count). The molecule has 1 unspecified atom stereocenters. The molecule has 0 radical (unpaired) electrons. The molecule has 1 amide bonds.